The van der Waals surface area contributed by atoms with E-state index in [1.807, 2.05) is 0 Å². The highest BCUT2D eigenvalue weighted by Gasteiger charge is 2.33. The fraction of sp³-hybridized carbons (Fsp3) is 0.533. The smallest absolute Gasteiger partial charge is 0.379 e. The summed E-state index contributed by atoms with van der Waals surface area (Å²) in [5.41, 5.74) is -0.739. The van der Waals surface area contributed by atoms with Crippen LogP contribution in [0.5, 0.6) is 0 Å². The number of nitrogens with zero attached hydrogens (tertiary/aromatic N) is 1. The molecule has 1 aliphatic heterocycles. The van der Waals surface area contributed by atoms with Crippen molar-refractivity contribution in [2.45, 2.75) is 6.18 Å². The molecule has 1 saturated heterocycles. The van der Waals surface area contributed by atoms with Gasteiger partial charge in [0, 0.05) is 31.9 Å². The van der Waals surface area contributed by atoms with E-state index in [2.05, 4.69) is 15.5 Å². The monoisotopic (exact) mass is 365 g/mol. The van der Waals surface area contributed by atoms with Crippen LogP contribution < -0.4 is 10.6 Å². The Bertz CT molecular complexity index is 563. The number of nitrogens with one attached hydrogen (secondary N) is 2. The second kappa shape index (κ2) is 8.55. The van der Waals surface area contributed by atoms with Crippen molar-refractivity contribution in [3.63, 3.8) is 0 Å². The summed E-state index contributed by atoms with van der Waals surface area (Å²) >= 11 is 5.55. The molecule has 24 heavy (non-hydrogen) atoms. The molecule has 9 heteroatoms. The first-order chi connectivity index (χ1) is 11.4. The number of benzene rings is 1. The van der Waals surface area contributed by atoms with E-state index < -0.39 is 11.7 Å². The van der Waals surface area contributed by atoms with Gasteiger partial charge in [0.05, 0.1) is 30.3 Å². The van der Waals surface area contributed by atoms with E-state index in [-0.39, 0.29) is 23.2 Å². The topological polar surface area (TPSA) is 53.6 Å². The first-order valence-electron chi connectivity index (χ1n) is 7.53. The number of amides is 1. The van der Waals surface area contributed by atoms with Crippen LogP contribution in [-0.2, 0) is 15.7 Å². The van der Waals surface area contributed by atoms with E-state index in [1.165, 1.54) is 6.07 Å². The van der Waals surface area contributed by atoms with Crippen molar-refractivity contribution in [1.82, 2.24) is 10.2 Å². The Labute approximate surface area is 143 Å². The van der Waals surface area contributed by atoms with Crippen LogP contribution >= 0.6 is 11.6 Å². The van der Waals surface area contributed by atoms with E-state index in [0.717, 1.165) is 25.2 Å². The van der Waals surface area contributed by atoms with Gasteiger partial charge in [0.25, 0.3) is 0 Å². The number of rotatable bonds is 6. The number of ether oxygens (including phenoxy) is 1. The van der Waals surface area contributed by atoms with Crippen molar-refractivity contribution in [2.75, 3.05) is 51.3 Å². The van der Waals surface area contributed by atoms with E-state index in [4.69, 9.17) is 16.3 Å². The van der Waals surface area contributed by atoms with Gasteiger partial charge in [-0.15, -0.1) is 0 Å². The predicted octanol–water partition coefficient (Wildman–Crippen LogP) is 2.22. The molecule has 1 heterocycles. The SMILES string of the molecule is O=C(CNc1ccc(Cl)c(C(F)(F)F)c1)NCCN1CCOCC1. The van der Waals surface area contributed by atoms with Gasteiger partial charge >= 0.3 is 6.18 Å². The quantitative estimate of drug-likeness (QED) is 0.811. The van der Waals surface area contributed by atoms with Crippen molar-refractivity contribution < 1.29 is 22.7 Å². The number of anilines is 1. The fourth-order valence-electron chi connectivity index (χ4n) is 2.28. The van der Waals surface area contributed by atoms with Crippen LogP contribution in [0.3, 0.4) is 0 Å². The number of carbonyl (C=O) groups excluding carboxylic acids is 1. The van der Waals surface area contributed by atoms with Crippen LogP contribution in [-0.4, -0.2) is 56.7 Å². The number of hydrogen-bond donors (Lipinski definition) is 2. The lowest BCUT2D eigenvalue weighted by Gasteiger charge is -2.26. The Morgan fingerprint density at radius 2 is 2.00 bits per heavy atom. The van der Waals surface area contributed by atoms with Gasteiger partial charge in [0.2, 0.25) is 5.91 Å². The minimum Gasteiger partial charge on any atom is -0.379 e. The maximum atomic E-state index is 12.8. The highest BCUT2D eigenvalue weighted by molar-refractivity contribution is 6.31. The zero-order valence-electron chi connectivity index (χ0n) is 13.0. The lowest BCUT2D eigenvalue weighted by molar-refractivity contribution is -0.137. The maximum Gasteiger partial charge on any atom is 0.417 e. The third-order valence-corrected chi connectivity index (χ3v) is 3.91. The van der Waals surface area contributed by atoms with Gasteiger partial charge in [-0.25, -0.2) is 0 Å². The molecule has 5 nitrogen and oxygen atoms in total. The summed E-state index contributed by atoms with van der Waals surface area (Å²) in [5, 5.41) is 5.02. The van der Waals surface area contributed by atoms with Crippen LogP contribution in [0.1, 0.15) is 5.56 Å². The van der Waals surface area contributed by atoms with Crippen LogP contribution in [0.25, 0.3) is 0 Å². The summed E-state index contributed by atoms with van der Waals surface area (Å²) in [7, 11) is 0. The Morgan fingerprint density at radius 1 is 1.29 bits per heavy atom. The molecule has 2 rings (SSSR count). The first-order valence-corrected chi connectivity index (χ1v) is 7.91. The summed E-state index contributed by atoms with van der Waals surface area (Å²) in [5.74, 6) is -0.285. The van der Waals surface area contributed by atoms with Gasteiger partial charge in [-0.1, -0.05) is 11.6 Å². The third-order valence-electron chi connectivity index (χ3n) is 3.58. The summed E-state index contributed by atoms with van der Waals surface area (Å²) in [6.45, 7) is 4.13. The molecule has 0 saturated carbocycles. The second-order valence-corrected chi connectivity index (χ2v) is 5.76. The Kier molecular flexibility index (Phi) is 6.70. The van der Waals surface area contributed by atoms with Crippen LogP contribution in [0.2, 0.25) is 5.02 Å². The summed E-state index contributed by atoms with van der Waals surface area (Å²) in [6.07, 6.45) is -4.53. The zero-order chi connectivity index (χ0) is 17.6. The molecule has 0 radical (unpaired) electrons. The Balaban J connectivity index is 1.75. The molecule has 1 aliphatic rings. The molecule has 0 spiro atoms. The van der Waals surface area contributed by atoms with Gasteiger partial charge in [-0.05, 0) is 18.2 Å². The van der Waals surface area contributed by atoms with Crippen LogP contribution in [0.4, 0.5) is 18.9 Å². The van der Waals surface area contributed by atoms with Gasteiger partial charge in [-0.2, -0.15) is 13.2 Å². The number of carbonyl (C=O) groups is 1. The molecular formula is C15H19ClF3N3O2. The number of hydrogen-bond acceptors (Lipinski definition) is 4. The van der Waals surface area contributed by atoms with E-state index >= 15 is 0 Å². The van der Waals surface area contributed by atoms with Crippen LogP contribution in [0, 0.1) is 0 Å². The van der Waals surface area contributed by atoms with Gasteiger partial charge in [0.1, 0.15) is 0 Å². The molecule has 134 valence electrons. The molecule has 0 atom stereocenters. The summed E-state index contributed by atoms with van der Waals surface area (Å²) in [4.78, 5) is 13.9. The number of alkyl halides is 3. The average Bonchev–Trinajstić information content (AvgIpc) is 2.54. The van der Waals surface area contributed by atoms with E-state index in [0.29, 0.717) is 26.3 Å². The standard InChI is InChI=1S/C15H19ClF3N3O2/c16-13-2-1-11(9-12(13)15(17,18)19)21-10-14(23)20-3-4-22-5-7-24-8-6-22/h1-2,9,21H,3-8,10H2,(H,20,23). The van der Waals surface area contributed by atoms with Gasteiger partial charge < -0.3 is 15.4 Å². The highest BCUT2D eigenvalue weighted by atomic mass is 35.5. The van der Waals surface area contributed by atoms with Crippen molar-refractivity contribution in [3.05, 3.63) is 28.8 Å². The second-order valence-electron chi connectivity index (χ2n) is 5.35. The van der Waals surface area contributed by atoms with E-state index in [9.17, 15) is 18.0 Å². The number of morpholine rings is 1. The maximum absolute atomic E-state index is 12.8. The summed E-state index contributed by atoms with van der Waals surface area (Å²) < 4.78 is 43.5. The molecule has 0 aliphatic carbocycles. The fourth-order valence-corrected chi connectivity index (χ4v) is 2.50. The van der Waals surface area contributed by atoms with Gasteiger partial charge in [-0.3, -0.25) is 9.69 Å². The first kappa shape index (κ1) is 18.8. The minimum absolute atomic E-state index is 0.109. The lowest BCUT2D eigenvalue weighted by Crippen LogP contribution is -2.42. The molecule has 1 amide bonds. The molecule has 2 N–H and O–H groups in total. The average molecular weight is 366 g/mol. The Morgan fingerprint density at radius 3 is 2.67 bits per heavy atom. The number of halogens is 4. The molecule has 1 fully saturated rings. The van der Waals surface area contributed by atoms with Gasteiger partial charge in [0.15, 0.2) is 0 Å². The van der Waals surface area contributed by atoms with Crippen molar-refractivity contribution in [1.29, 1.82) is 0 Å². The van der Waals surface area contributed by atoms with E-state index in [1.54, 1.807) is 0 Å². The Hall–Kier alpha value is -1.51. The van der Waals surface area contributed by atoms with Crippen LogP contribution in [0.15, 0.2) is 18.2 Å². The summed E-state index contributed by atoms with van der Waals surface area (Å²) in [6, 6.07) is 3.45. The molecule has 1 aromatic rings. The van der Waals surface area contributed by atoms with Crippen molar-refractivity contribution in [2.24, 2.45) is 0 Å². The highest BCUT2D eigenvalue weighted by Crippen LogP contribution is 2.36. The molecule has 0 unspecified atom stereocenters. The minimum atomic E-state index is -4.53. The predicted molar refractivity (Wildman–Crippen MR) is 85.2 cm³/mol. The normalized spacial score (nSPS) is 16.0. The lowest BCUT2D eigenvalue weighted by atomic mass is 10.2. The largest absolute Gasteiger partial charge is 0.417 e. The molecule has 0 aromatic heterocycles. The molecule has 1 aromatic carbocycles. The third kappa shape index (κ3) is 5.85. The zero-order valence-corrected chi connectivity index (χ0v) is 13.7. The van der Waals surface area contributed by atoms with Crippen molar-refractivity contribution in [3.8, 4) is 0 Å². The molecular weight excluding hydrogens is 347 g/mol. The van der Waals surface area contributed by atoms with Crippen molar-refractivity contribution >= 4 is 23.2 Å². The molecule has 0 bridgehead atoms.